The van der Waals surface area contributed by atoms with Gasteiger partial charge in [0.15, 0.2) is 0 Å². The molecule has 0 amide bonds. The summed E-state index contributed by atoms with van der Waals surface area (Å²) in [6, 6.07) is 0. The van der Waals surface area contributed by atoms with Crippen molar-refractivity contribution < 1.29 is 0 Å². The van der Waals surface area contributed by atoms with Gasteiger partial charge < -0.3 is 5.32 Å². The molecule has 1 spiro atoms. The monoisotopic (exact) mass is 195 g/mol. The van der Waals surface area contributed by atoms with Gasteiger partial charge >= 0.3 is 0 Å². The Balaban J connectivity index is 2.10. The molecule has 2 rings (SSSR count). The van der Waals surface area contributed by atoms with Crippen LogP contribution in [0.4, 0.5) is 0 Å². The summed E-state index contributed by atoms with van der Waals surface area (Å²) in [5.41, 5.74) is 1.03. The zero-order valence-electron chi connectivity index (χ0n) is 9.86. The van der Waals surface area contributed by atoms with E-state index in [2.05, 4.69) is 19.2 Å². The average molecular weight is 195 g/mol. The molecule has 0 aromatic heterocycles. The Hall–Kier alpha value is -0.0400. The topological polar surface area (TPSA) is 12.0 Å². The Labute approximate surface area is 88.7 Å². The van der Waals surface area contributed by atoms with Crippen LogP contribution in [0.25, 0.3) is 0 Å². The molecule has 1 N–H and O–H groups in total. The van der Waals surface area contributed by atoms with Crippen molar-refractivity contribution in [2.24, 2.45) is 5.41 Å². The first-order valence-corrected chi connectivity index (χ1v) is 6.41. The fourth-order valence-electron chi connectivity index (χ4n) is 3.57. The maximum absolute atomic E-state index is 3.70. The van der Waals surface area contributed by atoms with Gasteiger partial charge in [0.05, 0.1) is 0 Å². The molecule has 1 aliphatic heterocycles. The molecule has 1 saturated heterocycles. The molecule has 0 atom stereocenters. The smallest absolute Gasteiger partial charge is 0.0181 e. The zero-order chi connectivity index (χ0) is 10.1. The highest BCUT2D eigenvalue weighted by molar-refractivity contribution is 5.04. The van der Waals surface area contributed by atoms with Gasteiger partial charge in [-0.3, -0.25) is 0 Å². The van der Waals surface area contributed by atoms with E-state index in [4.69, 9.17) is 0 Å². The first kappa shape index (κ1) is 10.5. The van der Waals surface area contributed by atoms with E-state index in [9.17, 15) is 0 Å². The van der Waals surface area contributed by atoms with E-state index in [1.165, 1.54) is 57.9 Å². The second-order valence-corrected chi connectivity index (χ2v) is 5.85. The molecule has 0 unspecified atom stereocenters. The summed E-state index contributed by atoms with van der Waals surface area (Å²) in [4.78, 5) is 0. The van der Waals surface area contributed by atoms with E-state index in [0.717, 1.165) is 0 Å². The Morgan fingerprint density at radius 1 is 0.786 bits per heavy atom. The molecule has 0 bridgehead atoms. The largest absolute Gasteiger partial charge is 0.311 e. The van der Waals surface area contributed by atoms with Crippen LogP contribution in [0.3, 0.4) is 0 Å². The predicted molar refractivity (Wildman–Crippen MR) is 61.5 cm³/mol. The molecule has 1 nitrogen and oxygen atoms in total. The molecule has 2 fully saturated rings. The minimum atomic E-state index is 0.393. The van der Waals surface area contributed by atoms with Crippen LogP contribution < -0.4 is 5.32 Å². The second kappa shape index (κ2) is 3.84. The van der Waals surface area contributed by atoms with E-state index in [1.807, 2.05) is 0 Å². The van der Waals surface area contributed by atoms with Gasteiger partial charge in [0.2, 0.25) is 0 Å². The van der Waals surface area contributed by atoms with Crippen molar-refractivity contribution >= 4 is 0 Å². The Morgan fingerprint density at radius 3 is 1.86 bits per heavy atom. The molecule has 0 aromatic carbocycles. The predicted octanol–water partition coefficient (Wildman–Crippen LogP) is 3.49. The van der Waals surface area contributed by atoms with E-state index < -0.39 is 0 Å². The second-order valence-electron chi connectivity index (χ2n) is 5.85. The van der Waals surface area contributed by atoms with E-state index in [0.29, 0.717) is 11.0 Å². The van der Waals surface area contributed by atoms with Gasteiger partial charge in [-0.15, -0.1) is 0 Å². The molecule has 1 heterocycles. The van der Waals surface area contributed by atoms with Crippen LogP contribution in [0.5, 0.6) is 0 Å². The summed E-state index contributed by atoms with van der Waals surface area (Å²) in [6.07, 6.45) is 11.7. The van der Waals surface area contributed by atoms with Crippen molar-refractivity contribution in [2.75, 3.05) is 6.54 Å². The summed E-state index contributed by atoms with van der Waals surface area (Å²) in [5.74, 6) is 0. The maximum Gasteiger partial charge on any atom is 0.0181 e. The standard InChI is InChI=1S/C13H25N/c1-12(2)13(10-11-14-12)8-6-4-3-5-7-9-13/h14H,3-11H2,1-2H3. The lowest BCUT2D eigenvalue weighted by Gasteiger charge is -2.42. The highest BCUT2D eigenvalue weighted by Crippen LogP contribution is 2.48. The minimum Gasteiger partial charge on any atom is -0.311 e. The molecule has 0 radical (unpaired) electrons. The number of rotatable bonds is 0. The lowest BCUT2D eigenvalue weighted by atomic mass is 9.65. The molecule has 0 aromatic rings. The van der Waals surface area contributed by atoms with Crippen molar-refractivity contribution in [1.82, 2.24) is 5.32 Å². The van der Waals surface area contributed by atoms with Gasteiger partial charge in [0, 0.05) is 5.54 Å². The molecule has 14 heavy (non-hydrogen) atoms. The summed E-state index contributed by atoms with van der Waals surface area (Å²) < 4.78 is 0. The highest BCUT2D eigenvalue weighted by atomic mass is 15.0. The van der Waals surface area contributed by atoms with Crippen LogP contribution in [0.1, 0.15) is 65.2 Å². The number of nitrogens with one attached hydrogen (secondary N) is 1. The fraction of sp³-hybridized carbons (Fsp3) is 1.00. The average Bonchev–Trinajstić information content (AvgIpc) is 2.35. The Morgan fingerprint density at radius 2 is 1.36 bits per heavy atom. The van der Waals surface area contributed by atoms with Gasteiger partial charge in [-0.25, -0.2) is 0 Å². The summed E-state index contributed by atoms with van der Waals surface area (Å²) in [5, 5.41) is 3.70. The molecule has 1 saturated carbocycles. The third-order valence-corrected chi connectivity index (χ3v) is 4.81. The van der Waals surface area contributed by atoms with E-state index in [1.54, 1.807) is 0 Å². The van der Waals surface area contributed by atoms with Gasteiger partial charge in [-0.1, -0.05) is 32.1 Å². The summed E-state index contributed by atoms with van der Waals surface area (Å²) >= 11 is 0. The van der Waals surface area contributed by atoms with E-state index >= 15 is 0 Å². The van der Waals surface area contributed by atoms with Gasteiger partial charge in [0.25, 0.3) is 0 Å². The van der Waals surface area contributed by atoms with Crippen LogP contribution >= 0.6 is 0 Å². The third kappa shape index (κ3) is 1.71. The molecular formula is C13H25N. The number of hydrogen-bond donors (Lipinski definition) is 1. The quantitative estimate of drug-likeness (QED) is 0.624. The van der Waals surface area contributed by atoms with Crippen molar-refractivity contribution in [2.45, 2.75) is 70.8 Å². The Bertz CT molecular complexity index is 187. The lowest BCUT2D eigenvalue weighted by Crippen LogP contribution is -2.46. The minimum absolute atomic E-state index is 0.393. The summed E-state index contributed by atoms with van der Waals surface area (Å²) in [7, 11) is 0. The first-order chi connectivity index (χ1) is 6.66. The number of hydrogen-bond acceptors (Lipinski definition) is 1. The molecular weight excluding hydrogens is 170 g/mol. The zero-order valence-corrected chi connectivity index (χ0v) is 9.86. The van der Waals surface area contributed by atoms with Crippen molar-refractivity contribution in [3.8, 4) is 0 Å². The van der Waals surface area contributed by atoms with Crippen molar-refractivity contribution in [1.29, 1.82) is 0 Å². The van der Waals surface area contributed by atoms with Gasteiger partial charge in [0.1, 0.15) is 0 Å². The SMILES string of the molecule is CC1(C)NCCC12CCCCCCC2. The molecule has 1 aliphatic carbocycles. The van der Waals surface area contributed by atoms with Gasteiger partial charge in [-0.2, -0.15) is 0 Å². The molecule has 1 heteroatoms. The van der Waals surface area contributed by atoms with Crippen LogP contribution in [0.2, 0.25) is 0 Å². The van der Waals surface area contributed by atoms with Crippen LogP contribution in [-0.2, 0) is 0 Å². The van der Waals surface area contributed by atoms with Gasteiger partial charge in [-0.05, 0) is 45.1 Å². The summed E-state index contributed by atoms with van der Waals surface area (Å²) in [6.45, 7) is 6.08. The van der Waals surface area contributed by atoms with Crippen LogP contribution in [0, 0.1) is 5.41 Å². The highest BCUT2D eigenvalue weighted by Gasteiger charge is 2.47. The normalized spacial score (nSPS) is 31.3. The van der Waals surface area contributed by atoms with Crippen molar-refractivity contribution in [3.63, 3.8) is 0 Å². The molecule has 2 aliphatic rings. The first-order valence-electron chi connectivity index (χ1n) is 6.41. The third-order valence-electron chi connectivity index (χ3n) is 4.81. The van der Waals surface area contributed by atoms with Crippen LogP contribution in [-0.4, -0.2) is 12.1 Å². The molecule has 82 valence electrons. The van der Waals surface area contributed by atoms with Crippen molar-refractivity contribution in [3.05, 3.63) is 0 Å². The van der Waals surface area contributed by atoms with Crippen LogP contribution in [0.15, 0.2) is 0 Å². The maximum atomic E-state index is 3.70. The lowest BCUT2D eigenvalue weighted by molar-refractivity contribution is 0.124. The van der Waals surface area contributed by atoms with E-state index in [-0.39, 0.29) is 0 Å². The fourth-order valence-corrected chi connectivity index (χ4v) is 3.57. The Kier molecular flexibility index (Phi) is 2.88.